The maximum Gasteiger partial charge on any atom is 0.184 e. The van der Waals surface area contributed by atoms with Crippen molar-refractivity contribution in [2.24, 2.45) is 5.18 Å². The lowest BCUT2D eigenvalue weighted by Crippen LogP contribution is -2.52. The number of nitrogens with zero attached hydrogens (tertiary/aromatic N) is 2. The van der Waals surface area contributed by atoms with Crippen LogP contribution in [0.3, 0.4) is 0 Å². The topological polar surface area (TPSA) is 51.1 Å². The van der Waals surface area contributed by atoms with Crippen LogP contribution in [-0.2, 0) is 9.47 Å². The third-order valence-electron chi connectivity index (χ3n) is 2.63. The van der Waals surface area contributed by atoms with E-state index in [4.69, 9.17) is 9.47 Å². The Bertz CT molecular complexity index is 198. The fourth-order valence-electron chi connectivity index (χ4n) is 1.86. The number of nitroso groups, excluding NO2 is 1. The van der Waals surface area contributed by atoms with E-state index in [0.717, 1.165) is 6.42 Å². The van der Waals surface area contributed by atoms with E-state index in [1.165, 1.54) is 7.11 Å². The van der Waals surface area contributed by atoms with Gasteiger partial charge < -0.3 is 14.4 Å². The molecule has 0 aliphatic carbocycles. The van der Waals surface area contributed by atoms with Gasteiger partial charge in [-0.05, 0) is 27.4 Å². The molecule has 0 spiro atoms. The molecule has 4 atom stereocenters. The van der Waals surface area contributed by atoms with Crippen molar-refractivity contribution < 1.29 is 9.47 Å². The largest absolute Gasteiger partial charge is 0.353 e. The molecule has 5 nitrogen and oxygen atoms in total. The van der Waals surface area contributed by atoms with Crippen LogP contribution in [0.25, 0.3) is 0 Å². The van der Waals surface area contributed by atoms with E-state index in [1.54, 1.807) is 0 Å². The molecule has 1 heterocycles. The highest BCUT2D eigenvalue weighted by atomic mass is 16.7. The first-order valence-corrected chi connectivity index (χ1v) is 4.77. The van der Waals surface area contributed by atoms with Crippen molar-refractivity contribution in [2.45, 2.75) is 37.8 Å². The Hall–Kier alpha value is -0.520. The minimum Gasteiger partial charge on any atom is -0.353 e. The molecule has 0 radical (unpaired) electrons. The second kappa shape index (κ2) is 4.82. The predicted molar refractivity (Wildman–Crippen MR) is 53.0 cm³/mol. The SMILES string of the molecule is COC1OC(C)CC(N(C)C)C1N=O. The van der Waals surface area contributed by atoms with Crippen LogP contribution >= 0.6 is 0 Å². The van der Waals surface area contributed by atoms with E-state index < -0.39 is 12.3 Å². The molecule has 0 N–H and O–H groups in total. The van der Waals surface area contributed by atoms with Crippen LogP contribution in [-0.4, -0.2) is 50.6 Å². The molecule has 1 aliphatic rings. The van der Waals surface area contributed by atoms with Gasteiger partial charge in [0, 0.05) is 13.2 Å². The second-order valence-electron chi connectivity index (χ2n) is 3.91. The van der Waals surface area contributed by atoms with Gasteiger partial charge in [-0.15, -0.1) is 0 Å². The molecule has 14 heavy (non-hydrogen) atoms. The third-order valence-corrected chi connectivity index (χ3v) is 2.63. The number of likely N-dealkylation sites (N-methyl/N-ethyl adjacent to an activating group) is 1. The summed E-state index contributed by atoms with van der Waals surface area (Å²) < 4.78 is 10.6. The molecular weight excluding hydrogens is 184 g/mol. The molecule has 4 unspecified atom stereocenters. The number of rotatable bonds is 3. The average Bonchev–Trinajstić information content (AvgIpc) is 2.16. The molecule has 0 aromatic carbocycles. The fraction of sp³-hybridized carbons (Fsp3) is 1.00. The normalized spacial score (nSPS) is 38.6. The van der Waals surface area contributed by atoms with E-state index in [2.05, 4.69) is 5.18 Å². The lowest BCUT2D eigenvalue weighted by atomic mass is 9.98. The van der Waals surface area contributed by atoms with Crippen molar-refractivity contribution in [1.82, 2.24) is 4.90 Å². The van der Waals surface area contributed by atoms with E-state index in [9.17, 15) is 4.91 Å². The summed E-state index contributed by atoms with van der Waals surface area (Å²) in [7, 11) is 5.41. The highest BCUT2D eigenvalue weighted by molar-refractivity contribution is 4.90. The van der Waals surface area contributed by atoms with E-state index in [-0.39, 0.29) is 12.1 Å². The van der Waals surface area contributed by atoms with Gasteiger partial charge in [0.05, 0.1) is 6.10 Å². The van der Waals surface area contributed by atoms with Gasteiger partial charge in [-0.1, -0.05) is 5.18 Å². The highest BCUT2D eigenvalue weighted by Gasteiger charge is 2.39. The van der Waals surface area contributed by atoms with Gasteiger partial charge in [-0.25, -0.2) is 0 Å². The average molecular weight is 202 g/mol. The van der Waals surface area contributed by atoms with Gasteiger partial charge in [0.25, 0.3) is 0 Å². The zero-order valence-corrected chi connectivity index (χ0v) is 9.14. The van der Waals surface area contributed by atoms with Gasteiger partial charge in [-0.3, -0.25) is 0 Å². The summed E-state index contributed by atoms with van der Waals surface area (Å²) in [6.45, 7) is 1.98. The summed E-state index contributed by atoms with van der Waals surface area (Å²) in [5, 5.41) is 3.10. The Morgan fingerprint density at radius 2 is 2.14 bits per heavy atom. The first-order valence-electron chi connectivity index (χ1n) is 4.77. The molecule has 5 heteroatoms. The molecule has 0 aromatic heterocycles. The zero-order valence-electron chi connectivity index (χ0n) is 9.14. The Kier molecular flexibility index (Phi) is 3.97. The fourth-order valence-corrected chi connectivity index (χ4v) is 1.86. The first kappa shape index (κ1) is 11.6. The number of ether oxygens (including phenoxy) is 2. The van der Waals surface area contributed by atoms with Gasteiger partial charge in [0.2, 0.25) is 0 Å². The van der Waals surface area contributed by atoms with Crippen LogP contribution in [0.2, 0.25) is 0 Å². The maximum atomic E-state index is 10.7. The Balaban J connectivity index is 2.75. The van der Waals surface area contributed by atoms with Crippen LogP contribution in [0.5, 0.6) is 0 Å². The van der Waals surface area contributed by atoms with Crippen molar-refractivity contribution in [2.75, 3.05) is 21.2 Å². The van der Waals surface area contributed by atoms with Gasteiger partial charge in [0.15, 0.2) is 12.3 Å². The van der Waals surface area contributed by atoms with E-state index >= 15 is 0 Å². The van der Waals surface area contributed by atoms with Crippen molar-refractivity contribution >= 4 is 0 Å². The summed E-state index contributed by atoms with van der Waals surface area (Å²) in [6.07, 6.45) is 0.400. The standard InChI is InChI=1S/C9H18N2O3/c1-6-5-7(11(2)3)8(10-12)9(13-4)14-6/h6-9H,5H2,1-4H3. The van der Waals surface area contributed by atoms with Crippen LogP contribution in [0, 0.1) is 4.91 Å². The zero-order chi connectivity index (χ0) is 10.7. The highest BCUT2D eigenvalue weighted by Crippen LogP contribution is 2.25. The molecular formula is C9H18N2O3. The van der Waals surface area contributed by atoms with Crippen LogP contribution in [0.4, 0.5) is 0 Å². The van der Waals surface area contributed by atoms with Crippen molar-refractivity contribution in [3.8, 4) is 0 Å². The lowest BCUT2D eigenvalue weighted by molar-refractivity contribution is -0.198. The molecule has 1 rings (SSSR count). The number of hydrogen-bond donors (Lipinski definition) is 0. The van der Waals surface area contributed by atoms with Gasteiger partial charge in [-0.2, -0.15) is 4.91 Å². The molecule has 1 saturated heterocycles. The monoisotopic (exact) mass is 202 g/mol. The van der Waals surface area contributed by atoms with Crippen LogP contribution in [0.15, 0.2) is 5.18 Å². The maximum absolute atomic E-state index is 10.7. The van der Waals surface area contributed by atoms with Gasteiger partial charge in [0.1, 0.15) is 0 Å². The molecule has 0 aromatic rings. The van der Waals surface area contributed by atoms with E-state index in [1.807, 2.05) is 25.9 Å². The minimum absolute atomic E-state index is 0.0983. The Morgan fingerprint density at radius 3 is 2.57 bits per heavy atom. The van der Waals surface area contributed by atoms with Crippen molar-refractivity contribution in [1.29, 1.82) is 0 Å². The molecule has 0 saturated carbocycles. The first-order chi connectivity index (χ1) is 6.60. The molecule has 1 aliphatic heterocycles. The van der Waals surface area contributed by atoms with E-state index in [0.29, 0.717) is 0 Å². The smallest absolute Gasteiger partial charge is 0.184 e. The molecule has 0 amide bonds. The summed E-state index contributed by atoms with van der Waals surface area (Å²) in [4.78, 5) is 12.7. The summed E-state index contributed by atoms with van der Waals surface area (Å²) in [5.41, 5.74) is 0. The number of methoxy groups -OCH3 is 1. The molecule has 1 fully saturated rings. The minimum atomic E-state index is -0.511. The summed E-state index contributed by atoms with van der Waals surface area (Å²) in [6, 6.07) is -0.340. The Labute approximate surface area is 84.3 Å². The lowest BCUT2D eigenvalue weighted by Gasteiger charge is -2.39. The third kappa shape index (κ3) is 2.29. The van der Waals surface area contributed by atoms with Crippen LogP contribution in [0.1, 0.15) is 13.3 Å². The quantitative estimate of drug-likeness (QED) is 0.636. The van der Waals surface area contributed by atoms with Crippen LogP contribution < -0.4 is 0 Å². The summed E-state index contributed by atoms with van der Waals surface area (Å²) >= 11 is 0. The predicted octanol–water partition coefficient (Wildman–Crippen LogP) is 0.833. The van der Waals surface area contributed by atoms with Crippen molar-refractivity contribution in [3.05, 3.63) is 4.91 Å². The number of hydrogen-bond acceptors (Lipinski definition) is 5. The molecule has 0 bridgehead atoms. The Morgan fingerprint density at radius 1 is 1.50 bits per heavy atom. The van der Waals surface area contributed by atoms with Gasteiger partial charge >= 0.3 is 0 Å². The second-order valence-corrected chi connectivity index (χ2v) is 3.91. The summed E-state index contributed by atoms with van der Waals surface area (Å²) in [5.74, 6) is 0. The molecule has 82 valence electrons. The van der Waals surface area contributed by atoms with Crippen molar-refractivity contribution in [3.63, 3.8) is 0 Å².